The molecule has 0 saturated carbocycles. The second-order valence-corrected chi connectivity index (χ2v) is 6.73. The van der Waals surface area contributed by atoms with Crippen LogP contribution >= 0.6 is 0 Å². The van der Waals surface area contributed by atoms with Gasteiger partial charge in [-0.3, -0.25) is 9.38 Å². The molecule has 4 aromatic rings. The molecule has 0 aliphatic carbocycles. The van der Waals surface area contributed by atoms with Crippen LogP contribution in [0.3, 0.4) is 0 Å². The lowest BCUT2D eigenvalue weighted by atomic mass is 10.1. The van der Waals surface area contributed by atoms with Gasteiger partial charge in [0.15, 0.2) is 0 Å². The highest BCUT2D eigenvalue weighted by Crippen LogP contribution is 2.19. The van der Waals surface area contributed by atoms with E-state index in [2.05, 4.69) is 20.4 Å². The number of hydrogen-bond donors (Lipinski definition) is 1. The minimum Gasteiger partial charge on any atom is -0.306 e. The molecule has 4 rings (SSSR count). The van der Waals surface area contributed by atoms with Gasteiger partial charge in [-0.05, 0) is 42.8 Å². The van der Waals surface area contributed by atoms with E-state index in [9.17, 15) is 9.18 Å². The number of rotatable bonds is 4. The van der Waals surface area contributed by atoms with Crippen molar-refractivity contribution in [2.75, 3.05) is 12.4 Å². The zero-order valence-electron chi connectivity index (χ0n) is 16.5. The number of nitrogens with zero attached hydrogens (tertiary/aromatic N) is 5. The first-order chi connectivity index (χ1) is 14.5. The Morgan fingerprint density at radius 1 is 1.20 bits per heavy atom. The van der Waals surface area contributed by atoms with Crippen molar-refractivity contribution in [3.63, 3.8) is 0 Å². The van der Waals surface area contributed by atoms with Gasteiger partial charge in [0.2, 0.25) is 0 Å². The first kappa shape index (κ1) is 19.3. The van der Waals surface area contributed by atoms with Crippen molar-refractivity contribution in [3.05, 3.63) is 84.3 Å². The van der Waals surface area contributed by atoms with E-state index in [0.717, 1.165) is 27.3 Å². The average molecular weight is 402 g/mol. The summed E-state index contributed by atoms with van der Waals surface area (Å²) in [5, 5.41) is 8.00. The molecule has 1 N–H and O–H groups in total. The lowest BCUT2D eigenvalue weighted by molar-refractivity contribution is 0.224. The fourth-order valence-electron chi connectivity index (χ4n) is 2.92. The van der Waals surface area contributed by atoms with Crippen LogP contribution in [0.2, 0.25) is 0 Å². The van der Waals surface area contributed by atoms with E-state index >= 15 is 0 Å². The minimum atomic E-state index is -0.482. The SMILES string of the molecule is Cc1ccc(F)cc1NC(=O)N(C)N=Cc1cnc2ccc(-c3cccnc3)cn12. The van der Waals surface area contributed by atoms with Gasteiger partial charge in [-0.25, -0.2) is 19.2 Å². The fourth-order valence-corrected chi connectivity index (χ4v) is 2.92. The number of pyridine rings is 2. The summed E-state index contributed by atoms with van der Waals surface area (Å²) in [5.41, 5.74) is 4.59. The molecular weight excluding hydrogens is 383 g/mol. The third-order valence-corrected chi connectivity index (χ3v) is 4.63. The van der Waals surface area contributed by atoms with E-state index in [1.165, 1.54) is 19.2 Å². The number of nitrogens with one attached hydrogen (secondary N) is 1. The monoisotopic (exact) mass is 402 g/mol. The van der Waals surface area contributed by atoms with Gasteiger partial charge in [-0.15, -0.1) is 0 Å². The zero-order chi connectivity index (χ0) is 21.1. The van der Waals surface area contributed by atoms with Crippen LogP contribution in [0.25, 0.3) is 16.8 Å². The number of halogens is 1. The number of urea groups is 1. The Bertz CT molecular complexity index is 1240. The maximum Gasteiger partial charge on any atom is 0.341 e. The van der Waals surface area contributed by atoms with Crippen molar-refractivity contribution in [3.8, 4) is 11.1 Å². The first-order valence-electron chi connectivity index (χ1n) is 9.23. The van der Waals surface area contributed by atoms with Gasteiger partial charge in [-0.1, -0.05) is 12.1 Å². The molecule has 0 atom stereocenters. The molecular formula is C22H19FN6O. The minimum absolute atomic E-state index is 0.401. The van der Waals surface area contributed by atoms with Crippen LogP contribution in [0, 0.1) is 12.7 Å². The van der Waals surface area contributed by atoms with E-state index in [4.69, 9.17) is 0 Å². The van der Waals surface area contributed by atoms with Gasteiger partial charge in [0.25, 0.3) is 0 Å². The van der Waals surface area contributed by atoms with E-state index in [-0.39, 0.29) is 0 Å². The molecule has 0 aliphatic rings. The third kappa shape index (κ3) is 4.02. The standard InChI is InChI=1S/C22H19FN6O/c1-15-5-7-18(23)10-20(15)27-22(30)28(2)26-13-19-12-25-21-8-6-17(14-29(19)21)16-4-3-9-24-11-16/h3-14H,1-2H3,(H,27,30). The Kier molecular flexibility index (Phi) is 5.21. The molecule has 0 fully saturated rings. The summed E-state index contributed by atoms with van der Waals surface area (Å²) in [6.07, 6.45) is 8.68. The van der Waals surface area contributed by atoms with Gasteiger partial charge < -0.3 is 5.32 Å². The van der Waals surface area contributed by atoms with Gasteiger partial charge in [0.1, 0.15) is 11.5 Å². The number of carbonyl (C=O) groups excluding carboxylic acids is 1. The highest BCUT2D eigenvalue weighted by atomic mass is 19.1. The van der Waals surface area contributed by atoms with Gasteiger partial charge in [0, 0.05) is 42.5 Å². The van der Waals surface area contributed by atoms with Crippen LogP contribution in [0.1, 0.15) is 11.3 Å². The summed E-state index contributed by atoms with van der Waals surface area (Å²) in [5.74, 6) is -0.419. The third-order valence-electron chi connectivity index (χ3n) is 4.63. The number of imidazole rings is 1. The van der Waals surface area contributed by atoms with Crippen LogP contribution in [0.15, 0.2) is 72.4 Å². The Balaban J connectivity index is 1.54. The molecule has 150 valence electrons. The van der Waals surface area contributed by atoms with Gasteiger partial charge in [-0.2, -0.15) is 5.10 Å². The summed E-state index contributed by atoms with van der Waals surface area (Å²) in [4.78, 5) is 20.9. The molecule has 0 radical (unpaired) electrons. The van der Waals surface area contributed by atoms with Crippen LogP contribution < -0.4 is 5.32 Å². The lowest BCUT2D eigenvalue weighted by Gasteiger charge is -2.14. The molecule has 30 heavy (non-hydrogen) atoms. The number of aryl methyl sites for hydroxylation is 1. The van der Waals surface area contributed by atoms with Crippen LogP contribution in [0.5, 0.6) is 0 Å². The Morgan fingerprint density at radius 2 is 2.07 bits per heavy atom. The number of benzene rings is 1. The number of aromatic nitrogens is 3. The molecule has 0 aliphatic heterocycles. The Labute approximate surface area is 172 Å². The molecule has 0 saturated heterocycles. The second kappa shape index (κ2) is 8.12. The average Bonchev–Trinajstić information content (AvgIpc) is 3.17. The largest absolute Gasteiger partial charge is 0.341 e. The second-order valence-electron chi connectivity index (χ2n) is 6.73. The van der Waals surface area contributed by atoms with E-state index in [0.29, 0.717) is 11.4 Å². The smallest absolute Gasteiger partial charge is 0.306 e. The number of hydrogen-bond acceptors (Lipinski definition) is 4. The molecule has 3 heterocycles. The highest BCUT2D eigenvalue weighted by molar-refractivity contribution is 5.91. The van der Waals surface area contributed by atoms with Gasteiger partial charge in [0.05, 0.1) is 18.1 Å². The highest BCUT2D eigenvalue weighted by Gasteiger charge is 2.10. The van der Waals surface area contributed by atoms with Gasteiger partial charge >= 0.3 is 6.03 Å². The molecule has 0 spiro atoms. The first-order valence-corrected chi connectivity index (χ1v) is 9.23. The quantitative estimate of drug-likeness (QED) is 0.408. The predicted octanol–water partition coefficient (Wildman–Crippen LogP) is 4.34. The van der Waals surface area contributed by atoms with Crippen molar-refractivity contribution < 1.29 is 9.18 Å². The molecule has 8 heteroatoms. The number of amides is 2. The summed E-state index contributed by atoms with van der Waals surface area (Å²) in [6, 6.07) is 11.5. The van der Waals surface area contributed by atoms with Crippen LogP contribution in [-0.2, 0) is 0 Å². The summed E-state index contributed by atoms with van der Waals surface area (Å²) < 4.78 is 15.3. The molecule has 2 amide bonds. The van der Waals surface area contributed by atoms with E-state index < -0.39 is 11.8 Å². The predicted molar refractivity (Wildman–Crippen MR) is 114 cm³/mol. The lowest BCUT2D eigenvalue weighted by Crippen LogP contribution is -2.27. The number of hydrazone groups is 1. The summed E-state index contributed by atoms with van der Waals surface area (Å²) >= 11 is 0. The Morgan fingerprint density at radius 3 is 2.87 bits per heavy atom. The van der Waals surface area contributed by atoms with Crippen molar-refractivity contribution in [2.24, 2.45) is 5.10 Å². The summed E-state index contributed by atoms with van der Waals surface area (Å²) in [7, 11) is 1.52. The van der Waals surface area contributed by atoms with Crippen molar-refractivity contribution >= 4 is 23.6 Å². The van der Waals surface area contributed by atoms with E-state index in [1.807, 2.05) is 34.9 Å². The topological polar surface area (TPSA) is 74.9 Å². The molecule has 1 aromatic carbocycles. The number of anilines is 1. The van der Waals surface area contributed by atoms with Crippen molar-refractivity contribution in [2.45, 2.75) is 6.92 Å². The summed E-state index contributed by atoms with van der Waals surface area (Å²) in [6.45, 7) is 1.79. The Hall–Kier alpha value is -4.07. The maximum atomic E-state index is 13.4. The molecule has 7 nitrogen and oxygen atoms in total. The molecule has 3 aromatic heterocycles. The molecule has 0 bridgehead atoms. The van der Waals surface area contributed by atoms with Crippen molar-refractivity contribution in [1.29, 1.82) is 0 Å². The fraction of sp³-hybridized carbons (Fsp3) is 0.0909. The van der Waals surface area contributed by atoms with E-state index in [1.54, 1.807) is 37.8 Å². The van der Waals surface area contributed by atoms with Crippen LogP contribution in [0.4, 0.5) is 14.9 Å². The van der Waals surface area contributed by atoms with Crippen molar-refractivity contribution in [1.82, 2.24) is 19.4 Å². The van der Waals surface area contributed by atoms with Crippen LogP contribution in [-0.4, -0.2) is 38.7 Å². The normalized spacial score (nSPS) is 11.2. The number of fused-ring (bicyclic) bond motifs is 1. The molecule has 0 unspecified atom stereocenters. The maximum absolute atomic E-state index is 13.4. The number of carbonyl (C=O) groups is 1. The zero-order valence-corrected chi connectivity index (χ0v) is 16.5.